The van der Waals surface area contributed by atoms with Gasteiger partial charge in [-0.2, -0.15) is 0 Å². The number of aliphatic hydroxyl groups excluding tert-OH is 2. The number of unbranched alkanes of at least 4 members (excludes halogenated alkanes) is 61. The maximum absolute atomic E-state index is 12.5. The number of hydrogen-bond acceptors (Lipinski definition) is 5. The molecule has 0 saturated heterocycles. The van der Waals surface area contributed by atoms with Crippen molar-refractivity contribution in [1.82, 2.24) is 5.32 Å². The Morgan fingerprint density at radius 1 is 0.329 bits per heavy atom. The third-order valence-corrected chi connectivity index (χ3v) is 18.1. The minimum atomic E-state index is -0.841. The zero-order valence-electron chi connectivity index (χ0n) is 56.0. The van der Waals surface area contributed by atoms with Gasteiger partial charge in [0.05, 0.1) is 25.4 Å². The number of ether oxygens (including phenoxy) is 1. The summed E-state index contributed by atoms with van der Waals surface area (Å²) in [5, 5.41) is 23.2. The molecule has 0 bridgehead atoms. The second kappa shape index (κ2) is 72.1. The molecule has 0 aromatic heterocycles. The highest BCUT2D eigenvalue weighted by Gasteiger charge is 2.18. The molecule has 1 amide bonds. The number of aliphatic hydroxyl groups is 2. The first-order valence-corrected chi connectivity index (χ1v) is 38.0. The van der Waals surface area contributed by atoms with E-state index in [1.807, 2.05) is 6.08 Å². The molecule has 0 aromatic rings. The molecule has 6 heteroatoms. The Kier molecular flexibility index (Phi) is 70.8. The van der Waals surface area contributed by atoms with Gasteiger partial charge in [0.2, 0.25) is 5.91 Å². The molecule has 0 spiro atoms. The SMILES string of the molecule is CCCCCCCCCCCCCCCC/C=C/C(O)C(CO)NC(=O)CCCCCCCCCCCCCCCCCCCCCCCCCCCCCCCCCCOC(=O)CCCCCCCCCCCCCCCCCCC. The topological polar surface area (TPSA) is 95.9 Å². The lowest BCUT2D eigenvalue weighted by Gasteiger charge is -2.20. The number of carbonyl (C=O) groups is 2. The molecule has 6 nitrogen and oxygen atoms in total. The van der Waals surface area contributed by atoms with Crippen LogP contribution in [0.15, 0.2) is 12.2 Å². The maximum atomic E-state index is 12.5. The van der Waals surface area contributed by atoms with Crippen molar-refractivity contribution < 1.29 is 24.5 Å². The standard InChI is InChI=1S/C76H149NO5/c1-3-5-7-9-11-13-15-17-19-37-42-46-50-54-58-62-66-70-76(81)82-71-67-63-59-55-51-47-43-39-36-34-32-30-28-26-24-22-21-23-25-27-29-31-33-35-38-41-45-49-53-57-61-65-69-75(80)77-73(72-78)74(79)68-64-60-56-52-48-44-40-20-18-16-14-12-10-8-6-4-2/h64,68,73-74,78-79H,3-63,65-67,69-72H2,1-2H3,(H,77,80)/b68-64+. The van der Waals surface area contributed by atoms with Crippen molar-refractivity contribution >= 4 is 11.9 Å². The minimum Gasteiger partial charge on any atom is -0.466 e. The lowest BCUT2D eigenvalue weighted by molar-refractivity contribution is -0.143. The van der Waals surface area contributed by atoms with E-state index in [9.17, 15) is 19.8 Å². The summed E-state index contributed by atoms with van der Waals surface area (Å²) in [4.78, 5) is 24.6. The van der Waals surface area contributed by atoms with Crippen LogP contribution in [0.25, 0.3) is 0 Å². The van der Waals surface area contributed by atoms with Crippen molar-refractivity contribution in [3.63, 3.8) is 0 Å². The summed E-state index contributed by atoms with van der Waals surface area (Å²) in [5.74, 6) is -0.0338. The van der Waals surface area contributed by atoms with Crippen molar-refractivity contribution in [2.24, 2.45) is 0 Å². The molecular formula is C76H149NO5. The van der Waals surface area contributed by atoms with Crippen LogP contribution in [0, 0.1) is 0 Å². The number of allylic oxidation sites excluding steroid dienone is 1. The zero-order chi connectivity index (χ0) is 59.2. The smallest absolute Gasteiger partial charge is 0.305 e. The molecule has 2 atom stereocenters. The van der Waals surface area contributed by atoms with Crippen LogP contribution in [0.4, 0.5) is 0 Å². The molecule has 3 N–H and O–H groups in total. The van der Waals surface area contributed by atoms with Crippen LogP contribution in [0.2, 0.25) is 0 Å². The van der Waals surface area contributed by atoms with Crippen LogP contribution in [-0.4, -0.2) is 47.4 Å². The Labute approximate surface area is 514 Å². The monoisotopic (exact) mass is 1160 g/mol. The van der Waals surface area contributed by atoms with E-state index >= 15 is 0 Å². The van der Waals surface area contributed by atoms with Crippen molar-refractivity contribution in [1.29, 1.82) is 0 Å². The van der Waals surface area contributed by atoms with Gasteiger partial charge in [-0.25, -0.2) is 0 Å². The first-order chi connectivity index (χ1) is 40.5. The summed E-state index contributed by atoms with van der Waals surface area (Å²) in [5.41, 5.74) is 0. The van der Waals surface area contributed by atoms with E-state index in [1.54, 1.807) is 6.08 Å². The van der Waals surface area contributed by atoms with E-state index in [0.717, 1.165) is 38.5 Å². The molecule has 2 unspecified atom stereocenters. The fourth-order valence-corrected chi connectivity index (χ4v) is 12.3. The van der Waals surface area contributed by atoms with Crippen molar-refractivity contribution in [2.75, 3.05) is 13.2 Å². The molecule has 0 aliphatic carbocycles. The van der Waals surface area contributed by atoms with Gasteiger partial charge >= 0.3 is 5.97 Å². The van der Waals surface area contributed by atoms with Gasteiger partial charge in [-0.15, -0.1) is 0 Å². The zero-order valence-corrected chi connectivity index (χ0v) is 56.0. The highest BCUT2D eigenvalue weighted by atomic mass is 16.5. The van der Waals surface area contributed by atoms with Crippen LogP contribution in [0.3, 0.4) is 0 Å². The Bertz CT molecular complexity index is 1240. The number of rotatable bonds is 72. The molecule has 0 heterocycles. The van der Waals surface area contributed by atoms with Gasteiger partial charge in [0, 0.05) is 12.8 Å². The summed E-state index contributed by atoms with van der Waals surface area (Å²) >= 11 is 0. The van der Waals surface area contributed by atoms with Crippen LogP contribution in [-0.2, 0) is 14.3 Å². The Balaban J connectivity index is 3.31. The molecule has 0 rings (SSSR count). The number of amides is 1. The average Bonchev–Trinajstić information content (AvgIpc) is 3.48. The number of esters is 1. The van der Waals surface area contributed by atoms with E-state index in [2.05, 4.69) is 19.2 Å². The van der Waals surface area contributed by atoms with E-state index in [0.29, 0.717) is 19.4 Å². The van der Waals surface area contributed by atoms with Gasteiger partial charge in [-0.1, -0.05) is 405 Å². The molecule has 0 aliphatic rings. The Morgan fingerprint density at radius 3 is 0.829 bits per heavy atom. The summed E-state index contributed by atoms with van der Waals surface area (Å²) in [6.45, 7) is 4.96. The summed E-state index contributed by atoms with van der Waals surface area (Å²) in [6.07, 6.45) is 90.4. The van der Waals surface area contributed by atoms with Crippen molar-refractivity contribution in [2.45, 2.75) is 450 Å². The molecule has 0 saturated carbocycles. The number of nitrogens with one attached hydrogen (secondary N) is 1. The molecule has 0 aliphatic heterocycles. The van der Waals surface area contributed by atoms with Gasteiger partial charge in [0.15, 0.2) is 0 Å². The first kappa shape index (κ1) is 80.6. The molecular weight excluding hydrogens is 1010 g/mol. The van der Waals surface area contributed by atoms with E-state index in [4.69, 9.17) is 4.74 Å². The Hall–Kier alpha value is -1.40. The number of hydrogen-bond donors (Lipinski definition) is 3. The van der Waals surface area contributed by atoms with Gasteiger partial charge in [0.25, 0.3) is 0 Å². The number of carbonyl (C=O) groups excluding carboxylic acids is 2. The van der Waals surface area contributed by atoms with Crippen molar-refractivity contribution in [3.8, 4) is 0 Å². The summed E-state index contributed by atoms with van der Waals surface area (Å²) in [6, 6.07) is -0.624. The minimum absolute atomic E-state index is 0.0260. The third kappa shape index (κ3) is 67.7. The predicted octanol–water partition coefficient (Wildman–Crippen LogP) is 24.7. The quantitative estimate of drug-likeness (QED) is 0.0320. The second-order valence-electron chi connectivity index (χ2n) is 26.4. The van der Waals surface area contributed by atoms with Crippen LogP contribution >= 0.6 is 0 Å². The summed E-state index contributed by atoms with van der Waals surface area (Å²) < 4.78 is 5.51. The molecule has 488 valence electrons. The summed E-state index contributed by atoms with van der Waals surface area (Å²) in [7, 11) is 0. The normalized spacial score (nSPS) is 12.5. The molecule has 0 radical (unpaired) electrons. The third-order valence-electron chi connectivity index (χ3n) is 18.1. The van der Waals surface area contributed by atoms with Crippen LogP contribution in [0.5, 0.6) is 0 Å². The average molecular weight is 1160 g/mol. The van der Waals surface area contributed by atoms with Gasteiger partial charge in [0.1, 0.15) is 0 Å². The first-order valence-electron chi connectivity index (χ1n) is 38.0. The van der Waals surface area contributed by atoms with E-state index in [-0.39, 0.29) is 18.5 Å². The van der Waals surface area contributed by atoms with Crippen LogP contribution < -0.4 is 5.32 Å². The largest absolute Gasteiger partial charge is 0.466 e. The molecule has 0 aromatic carbocycles. The van der Waals surface area contributed by atoms with E-state index < -0.39 is 12.1 Å². The lowest BCUT2D eigenvalue weighted by atomic mass is 10.0. The molecule has 82 heavy (non-hydrogen) atoms. The van der Waals surface area contributed by atoms with Crippen molar-refractivity contribution in [3.05, 3.63) is 12.2 Å². The Morgan fingerprint density at radius 2 is 0.561 bits per heavy atom. The fourth-order valence-electron chi connectivity index (χ4n) is 12.3. The van der Waals surface area contributed by atoms with Gasteiger partial charge in [-0.05, 0) is 32.1 Å². The van der Waals surface area contributed by atoms with E-state index in [1.165, 1.54) is 372 Å². The maximum Gasteiger partial charge on any atom is 0.305 e. The van der Waals surface area contributed by atoms with Gasteiger partial charge < -0.3 is 20.3 Å². The predicted molar refractivity (Wildman–Crippen MR) is 361 cm³/mol. The highest BCUT2D eigenvalue weighted by molar-refractivity contribution is 5.76. The van der Waals surface area contributed by atoms with Crippen LogP contribution in [0.1, 0.15) is 438 Å². The highest BCUT2D eigenvalue weighted by Crippen LogP contribution is 2.20. The molecule has 0 fully saturated rings. The second-order valence-corrected chi connectivity index (χ2v) is 26.4. The lowest BCUT2D eigenvalue weighted by Crippen LogP contribution is -2.45. The fraction of sp³-hybridized carbons (Fsp3) is 0.947. The van der Waals surface area contributed by atoms with Gasteiger partial charge in [-0.3, -0.25) is 9.59 Å².